The van der Waals surface area contributed by atoms with Gasteiger partial charge in [0.25, 0.3) is 0 Å². The SMILES string of the molecule is CNCC1=CC2=C(NC1N)n1cc3cc([C@]45CCOC[C@@H]4CCc4ccccc45)cc(c3c1)COc1cc(ccc1O)CC[C@@H](O)C[C@H](CCCCCCc1ccc(O)cc1)OC2. The third-order valence-corrected chi connectivity index (χ3v) is 14.1. The first-order chi connectivity index (χ1) is 30.8. The molecule has 4 aromatic carbocycles. The van der Waals surface area contributed by atoms with E-state index >= 15 is 0 Å². The second kappa shape index (κ2) is 19.3. The number of unbranched alkanes of at least 4 members (excludes halogenated alkanes) is 3. The Morgan fingerprint density at radius 1 is 0.905 bits per heavy atom. The molecule has 0 saturated carbocycles. The van der Waals surface area contributed by atoms with Crippen molar-refractivity contribution in [1.82, 2.24) is 15.2 Å². The number of aromatic hydroxyl groups is 2. The maximum atomic E-state index is 11.5. The minimum Gasteiger partial charge on any atom is -0.508 e. The predicted molar refractivity (Wildman–Crippen MR) is 249 cm³/mol. The fourth-order valence-electron chi connectivity index (χ4n) is 10.7. The van der Waals surface area contributed by atoms with Gasteiger partial charge in [-0.3, -0.25) is 0 Å². The molecule has 0 amide bonds. The Hall–Kier alpha value is -5.10. The van der Waals surface area contributed by atoms with E-state index in [-0.39, 0.29) is 23.9 Å². The quantitative estimate of drug-likeness (QED) is 0.0765. The molecule has 0 radical (unpaired) electrons. The number of aliphatic hydroxyl groups excluding tert-OH is 1. The number of dihydropyridines is 1. The van der Waals surface area contributed by atoms with E-state index in [0.717, 1.165) is 103 Å². The Morgan fingerprint density at radius 3 is 2.63 bits per heavy atom. The number of fused-ring (bicyclic) bond motifs is 7. The molecule has 4 heterocycles. The van der Waals surface area contributed by atoms with E-state index in [0.29, 0.717) is 56.4 Å². The van der Waals surface area contributed by atoms with Crippen LogP contribution in [0.1, 0.15) is 91.2 Å². The summed E-state index contributed by atoms with van der Waals surface area (Å²) in [6.07, 6.45) is 16.3. The maximum absolute atomic E-state index is 11.5. The van der Waals surface area contributed by atoms with Crippen molar-refractivity contribution < 1.29 is 29.5 Å². The Labute approximate surface area is 371 Å². The highest BCUT2D eigenvalue weighted by molar-refractivity contribution is 5.88. The van der Waals surface area contributed by atoms with Crippen LogP contribution in [-0.2, 0) is 40.8 Å². The number of phenols is 2. The number of rotatable bonds is 10. The van der Waals surface area contributed by atoms with Crippen LogP contribution in [0, 0.1) is 5.92 Å². The first-order valence-corrected chi connectivity index (χ1v) is 23.2. The van der Waals surface area contributed by atoms with E-state index in [2.05, 4.69) is 70.1 Å². The van der Waals surface area contributed by atoms with Crippen molar-refractivity contribution in [2.45, 2.75) is 107 Å². The van der Waals surface area contributed by atoms with E-state index < -0.39 is 12.3 Å². The van der Waals surface area contributed by atoms with Gasteiger partial charge < -0.3 is 50.5 Å². The molecule has 7 N–H and O–H groups in total. The summed E-state index contributed by atoms with van der Waals surface area (Å²) in [6, 6.07) is 26.8. The Kier molecular flexibility index (Phi) is 13.2. The van der Waals surface area contributed by atoms with E-state index in [1.165, 1.54) is 22.3 Å². The molecule has 1 aliphatic carbocycles. The number of nitrogens with one attached hydrogen (secondary N) is 2. The maximum Gasteiger partial charge on any atom is 0.161 e. The number of hydrogen-bond donors (Lipinski definition) is 6. The van der Waals surface area contributed by atoms with Crippen LogP contribution in [-0.4, -0.2) is 71.7 Å². The molecule has 4 aliphatic rings. The Balaban J connectivity index is 1.08. The average molecular weight is 853 g/mol. The largest absolute Gasteiger partial charge is 0.508 e. The van der Waals surface area contributed by atoms with Crippen LogP contribution in [0.3, 0.4) is 0 Å². The van der Waals surface area contributed by atoms with Crippen molar-refractivity contribution in [2.75, 3.05) is 33.4 Å². The number of hydrogen-bond acceptors (Lipinski definition) is 9. The van der Waals surface area contributed by atoms with E-state index in [4.69, 9.17) is 19.9 Å². The lowest BCUT2D eigenvalue weighted by Crippen LogP contribution is -2.47. The lowest BCUT2D eigenvalue weighted by molar-refractivity contribution is 0.00498. The topological polar surface area (TPSA) is 143 Å². The van der Waals surface area contributed by atoms with Crippen LogP contribution >= 0.6 is 0 Å². The third-order valence-electron chi connectivity index (χ3n) is 14.1. The van der Waals surface area contributed by atoms with E-state index in [1.54, 1.807) is 18.2 Å². The summed E-state index contributed by atoms with van der Waals surface area (Å²) in [7, 11) is 1.93. The van der Waals surface area contributed by atoms with Gasteiger partial charge in [0.1, 0.15) is 18.2 Å². The highest BCUT2D eigenvalue weighted by Crippen LogP contribution is 2.52. The van der Waals surface area contributed by atoms with Crippen LogP contribution in [0.25, 0.3) is 16.6 Å². The molecule has 10 nitrogen and oxygen atoms in total. The summed E-state index contributed by atoms with van der Waals surface area (Å²) < 4.78 is 21.8. The van der Waals surface area contributed by atoms with Crippen molar-refractivity contribution in [2.24, 2.45) is 11.7 Å². The number of aromatic nitrogens is 1. The van der Waals surface area contributed by atoms with Crippen molar-refractivity contribution in [3.05, 3.63) is 142 Å². The molecule has 5 aromatic rings. The van der Waals surface area contributed by atoms with Crippen molar-refractivity contribution in [1.29, 1.82) is 0 Å². The number of phenolic OH excluding ortho intramolecular Hbond substituents is 2. The van der Waals surface area contributed by atoms with Gasteiger partial charge in [0.15, 0.2) is 11.5 Å². The number of aliphatic hydroxyl groups is 1. The monoisotopic (exact) mass is 852 g/mol. The van der Waals surface area contributed by atoms with Crippen LogP contribution < -0.4 is 21.1 Å². The zero-order valence-corrected chi connectivity index (χ0v) is 36.7. The predicted octanol–water partition coefficient (Wildman–Crippen LogP) is 8.38. The molecule has 9 rings (SSSR count). The van der Waals surface area contributed by atoms with Gasteiger partial charge in [-0.1, -0.05) is 67.8 Å². The van der Waals surface area contributed by atoms with Gasteiger partial charge in [-0.2, -0.15) is 0 Å². The summed E-state index contributed by atoms with van der Waals surface area (Å²) >= 11 is 0. The molecule has 4 bridgehead atoms. The fourth-order valence-corrected chi connectivity index (χ4v) is 10.7. The highest BCUT2D eigenvalue weighted by Gasteiger charge is 2.47. The molecule has 1 saturated heterocycles. The van der Waals surface area contributed by atoms with Gasteiger partial charge >= 0.3 is 0 Å². The third kappa shape index (κ3) is 9.42. The van der Waals surface area contributed by atoms with Gasteiger partial charge in [0.2, 0.25) is 0 Å². The minimum atomic E-state index is -0.565. The van der Waals surface area contributed by atoms with Crippen LogP contribution in [0.5, 0.6) is 17.2 Å². The van der Waals surface area contributed by atoms with Crippen molar-refractivity contribution in [3.63, 3.8) is 0 Å². The van der Waals surface area contributed by atoms with E-state index in [1.807, 2.05) is 31.3 Å². The molecule has 1 aromatic heterocycles. The summed E-state index contributed by atoms with van der Waals surface area (Å²) in [5.41, 5.74) is 16.0. The Bertz CT molecular complexity index is 2440. The molecule has 0 spiro atoms. The summed E-state index contributed by atoms with van der Waals surface area (Å²) in [4.78, 5) is 0. The number of aryl methyl sites for hydroxylation is 3. The molecule has 3 aliphatic heterocycles. The summed E-state index contributed by atoms with van der Waals surface area (Å²) in [5.74, 6) is 2.05. The molecule has 10 heteroatoms. The van der Waals surface area contributed by atoms with Crippen molar-refractivity contribution >= 4 is 16.6 Å². The number of nitrogens with zero attached hydrogens (tertiary/aromatic N) is 1. The summed E-state index contributed by atoms with van der Waals surface area (Å²) in [6.45, 7) is 2.69. The molecule has 1 fully saturated rings. The molecule has 332 valence electrons. The van der Waals surface area contributed by atoms with Crippen LogP contribution in [0.4, 0.5) is 0 Å². The second-order valence-electron chi connectivity index (χ2n) is 18.3. The van der Waals surface area contributed by atoms with Crippen LogP contribution in [0.15, 0.2) is 108 Å². The van der Waals surface area contributed by atoms with Crippen LogP contribution in [0.2, 0.25) is 0 Å². The zero-order valence-electron chi connectivity index (χ0n) is 36.7. The van der Waals surface area contributed by atoms with Gasteiger partial charge in [-0.25, -0.2) is 0 Å². The van der Waals surface area contributed by atoms with Gasteiger partial charge in [0, 0.05) is 47.3 Å². The number of ether oxygens (including phenoxy) is 3. The molecular formula is C53H64N4O6. The van der Waals surface area contributed by atoms with Gasteiger partial charge in [-0.15, -0.1) is 0 Å². The normalized spacial score (nSPS) is 24.0. The number of likely N-dealkylation sites (N-methyl/N-ethyl adjacent to an activating group) is 1. The zero-order chi connectivity index (χ0) is 43.3. The summed E-state index contributed by atoms with van der Waals surface area (Å²) in [5, 5.41) is 41.4. The fraction of sp³-hybridized carbons (Fsp3) is 0.434. The molecule has 1 unspecified atom stereocenters. The lowest BCUT2D eigenvalue weighted by Gasteiger charge is -2.49. The van der Waals surface area contributed by atoms with Gasteiger partial charge in [0.05, 0.1) is 31.6 Å². The average Bonchev–Trinajstić information content (AvgIpc) is 3.74. The van der Waals surface area contributed by atoms with Gasteiger partial charge in [-0.05, 0) is 146 Å². The van der Waals surface area contributed by atoms with E-state index in [9.17, 15) is 15.3 Å². The standard InChI is InChI=1S/C53H64N4O6/c1-55-29-38-25-41-33-62-46(10-5-3-2-4-8-35-12-18-44(58)19-13-35)28-45(59)20-14-36-15-21-49(60)50(24-36)63-32-40-27-43(26-39-30-57(31-47(39)40)52(41)56-51(38)54)53-22-23-61-34-42(53)17-16-37-9-6-7-11-48(37)53/h6-7,9,11-13,15,18-19,21,24-27,30-31,42,45-46,51,55-56,58-60H,2-5,8,10,14,16-17,20,22-23,28-29,32-34,54H2,1H3/t42-,45+,46-,51?,53-/m0/s1. The first-order valence-electron chi connectivity index (χ1n) is 23.2. The number of nitrogens with two attached hydrogens (primary N) is 1. The smallest absolute Gasteiger partial charge is 0.161 e. The second-order valence-corrected chi connectivity index (χ2v) is 18.3. The minimum absolute atomic E-state index is 0.0962. The highest BCUT2D eigenvalue weighted by atomic mass is 16.5. The number of benzene rings is 4. The molecule has 63 heavy (non-hydrogen) atoms. The van der Waals surface area contributed by atoms with Crippen molar-refractivity contribution in [3.8, 4) is 17.2 Å². The lowest BCUT2D eigenvalue weighted by atomic mass is 9.57. The Morgan fingerprint density at radius 2 is 1.76 bits per heavy atom. The molecule has 5 atom stereocenters. The first kappa shape index (κ1) is 43.2. The molecular weight excluding hydrogens is 789 g/mol.